The Labute approximate surface area is 88.5 Å². The molecule has 0 atom stereocenters. The van der Waals surface area contributed by atoms with Crippen molar-refractivity contribution in [2.24, 2.45) is 0 Å². The Bertz CT molecular complexity index is 357. The van der Waals surface area contributed by atoms with E-state index >= 15 is 0 Å². The van der Waals surface area contributed by atoms with Gasteiger partial charge in [-0.1, -0.05) is 0 Å². The lowest BCUT2D eigenvalue weighted by Gasteiger charge is -2.03. The second kappa shape index (κ2) is 5.14. The molecule has 80 valence electrons. The van der Waals surface area contributed by atoms with Gasteiger partial charge >= 0.3 is 0 Å². The van der Waals surface area contributed by atoms with Crippen LogP contribution in [0, 0.1) is 0 Å². The van der Waals surface area contributed by atoms with Gasteiger partial charge in [-0.15, -0.1) is 0 Å². The fraction of sp³-hybridized carbons (Fsp3) is 0.273. The van der Waals surface area contributed by atoms with Gasteiger partial charge in [0.15, 0.2) is 0 Å². The molecule has 0 aromatic heterocycles. The molecule has 0 bridgehead atoms. The van der Waals surface area contributed by atoms with Crippen molar-refractivity contribution in [3.8, 4) is 0 Å². The summed E-state index contributed by atoms with van der Waals surface area (Å²) in [5.41, 5.74) is 6.66. The van der Waals surface area contributed by atoms with E-state index in [9.17, 15) is 9.59 Å². The van der Waals surface area contributed by atoms with E-state index in [2.05, 4.69) is 5.32 Å². The maximum atomic E-state index is 11.5. The number of carbonyl (C=O) groups excluding carboxylic acids is 2. The number of nitrogens with one attached hydrogen (secondary N) is 1. The van der Waals surface area contributed by atoms with Crippen LogP contribution in [0.15, 0.2) is 24.3 Å². The van der Waals surface area contributed by atoms with Gasteiger partial charge in [0.05, 0.1) is 0 Å². The molecule has 0 radical (unpaired) electrons. The number of rotatable bonds is 4. The molecule has 0 heterocycles. The molecule has 4 heteroatoms. The summed E-state index contributed by atoms with van der Waals surface area (Å²) >= 11 is 0. The highest BCUT2D eigenvalue weighted by molar-refractivity contribution is 5.94. The molecule has 0 saturated heterocycles. The summed E-state index contributed by atoms with van der Waals surface area (Å²) in [7, 11) is 0. The number of benzene rings is 1. The van der Waals surface area contributed by atoms with E-state index in [1.54, 1.807) is 24.3 Å². The number of ketones is 1. The highest BCUT2D eigenvalue weighted by Gasteiger charge is 2.04. The van der Waals surface area contributed by atoms with Gasteiger partial charge in [-0.05, 0) is 31.2 Å². The van der Waals surface area contributed by atoms with Gasteiger partial charge in [0.25, 0.3) is 5.91 Å². The summed E-state index contributed by atoms with van der Waals surface area (Å²) in [5, 5.41) is 2.65. The van der Waals surface area contributed by atoms with Crippen molar-refractivity contribution < 1.29 is 9.59 Å². The van der Waals surface area contributed by atoms with Crippen LogP contribution in [0.4, 0.5) is 5.69 Å². The molecule has 1 aromatic rings. The molecule has 0 unspecified atom stereocenters. The predicted molar refractivity (Wildman–Crippen MR) is 58.5 cm³/mol. The lowest BCUT2D eigenvalue weighted by atomic mass is 10.2. The Morgan fingerprint density at radius 1 is 1.27 bits per heavy atom. The van der Waals surface area contributed by atoms with Crippen molar-refractivity contribution in [3.05, 3.63) is 29.8 Å². The van der Waals surface area contributed by atoms with Gasteiger partial charge in [0.1, 0.15) is 5.78 Å². The Kier molecular flexibility index (Phi) is 3.85. The topological polar surface area (TPSA) is 72.2 Å². The van der Waals surface area contributed by atoms with Crippen molar-refractivity contribution >= 4 is 17.4 Å². The second-order valence-corrected chi connectivity index (χ2v) is 3.33. The number of nitrogen functional groups attached to an aromatic ring is 1. The Morgan fingerprint density at radius 2 is 1.87 bits per heavy atom. The number of hydrogen-bond donors (Lipinski definition) is 2. The summed E-state index contributed by atoms with van der Waals surface area (Å²) in [6.45, 7) is 1.87. The van der Waals surface area contributed by atoms with Crippen LogP contribution in [0.5, 0.6) is 0 Å². The van der Waals surface area contributed by atoms with Crippen molar-refractivity contribution in [2.75, 3.05) is 12.3 Å². The molecule has 1 rings (SSSR count). The first-order valence-corrected chi connectivity index (χ1v) is 4.73. The molecule has 0 aliphatic carbocycles. The first-order chi connectivity index (χ1) is 7.09. The minimum Gasteiger partial charge on any atom is -0.399 e. The van der Waals surface area contributed by atoms with Gasteiger partial charge in [-0.25, -0.2) is 0 Å². The Balaban J connectivity index is 2.47. The number of amides is 1. The molecule has 4 nitrogen and oxygen atoms in total. The SMILES string of the molecule is CC(=O)CCNC(=O)c1ccc(N)cc1. The van der Waals surface area contributed by atoms with Gasteiger partial charge in [0, 0.05) is 24.2 Å². The highest BCUT2D eigenvalue weighted by atomic mass is 16.1. The smallest absolute Gasteiger partial charge is 0.251 e. The first-order valence-electron chi connectivity index (χ1n) is 4.73. The van der Waals surface area contributed by atoms with Crippen molar-refractivity contribution in [3.63, 3.8) is 0 Å². The number of anilines is 1. The summed E-state index contributed by atoms with van der Waals surface area (Å²) in [6.07, 6.45) is 0.362. The highest BCUT2D eigenvalue weighted by Crippen LogP contribution is 2.04. The van der Waals surface area contributed by atoms with Gasteiger partial charge < -0.3 is 11.1 Å². The zero-order valence-corrected chi connectivity index (χ0v) is 8.62. The van der Waals surface area contributed by atoms with Gasteiger partial charge in [-0.3, -0.25) is 9.59 Å². The third kappa shape index (κ3) is 3.81. The fourth-order valence-corrected chi connectivity index (χ4v) is 1.09. The quantitative estimate of drug-likeness (QED) is 0.721. The molecule has 1 aromatic carbocycles. The summed E-state index contributed by atoms with van der Waals surface area (Å²) in [6, 6.07) is 6.64. The zero-order chi connectivity index (χ0) is 11.3. The van der Waals surface area contributed by atoms with Gasteiger partial charge in [0.2, 0.25) is 0 Å². The second-order valence-electron chi connectivity index (χ2n) is 3.33. The molecular weight excluding hydrogens is 192 g/mol. The first kappa shape index (κ1) is 11.2. The van der Waals surface area contributed by atoms with E-state index in [-0.39, 0.29) is 11.7 Å². The third-order valence-corrected chi connectivity index (χ3v) is 1.94. The summed E-state index contributed by atoms with van der Waals surface area (Å²) in [5.74, 6) is -0.121. The van der Waals surface area contributed by atoms with Crippen molar-refractivity contribution in [2.45, 2.75) is 13.3 Å². The largest absolute Gasteiger partial charge is 0.399 e. The van der Waals surface area contributed by atoms with E-state index < -0.39 is 0 Å². The number of hydrogen-bond acceptors (Lipinski definition) is 3. The van der Waals surface area contributed by atoms with E-state index in [0.29, 0.717) is 24.2 Å². The van der Waals surface area contributed by atoms with E-state index in [0.717, 1.165) is 0 Å². The maximum Gasteiger partial charge on any atom is 0.251 e. The van der Waals surface area contributed by atoms with Crippen molar-refractivity contribution in [1.29, 1.82) is 0 Å². The van der Waals surface area contributed by atoms with Crippen LogP contribution in [0.3, 0.4) is 0 Å². The van der Waals surface area contributed by atoms with Crippen LogP contribution in [0.1, 0.15) is 23.7 Å². The lowest BCUT2D eigenvalue weighted by molar-refractivity contribution is -0.116. The molecule has 0 saturated carbocycles. The number of carbonyl (C=O) groups is 2. The van der Waals surface area contributed by atoms with E-state index in [4.69, 9.17) is 5.73 Å². The van der Waals surface area contributed by atoms with Crippen LogP contribution in [0.2, 0.25) is 0 Å². The van der Waals surface area contributed by atoms with Crippen LogP contribution in [-0.2, 0) is 4.79 Å². The third-order valence-electron chi connectivity index (χ3n) is 1.94. The van der Waals surface area contributed by atoms with Crippen LogP contribution < -0.4 is 11.1 Å². The molecular formula is C11H14N2O2. The molecule has 1 amide bonds. The Hall–Kier alpha value is -1.84. The minimum absolute atomic E-state index is 0.0626. The lowest BCUT2D eigenvalue weighted by Crippen LogP contribution is -2.25. The molecule has 0 aliphatic rings. The van der Waals surface area contributed by atoms with Crippen LogP contribution in [0.25, 0.3) is 0 Å². The normalized spacial score (nSPS) is 9.67. The molecule has 0 fully saturated rings. The molecule has 0 spiro atoms. The van der Waals surface area contributed by atoms with Gasteiger partial charge in [-0.2, -0.15) is 0 Å². The number of Topliss-reactive ketones (excluding diaryl/α,β-unsaturated/α-hetero) is 1. The average Bonchev–Trinajstić information content (AvgIpc) is 2.18. The van der Waals surface area contributed by atoms with E-state index in [1.165, 1.54) is 6.92 Å². The van der Waals surface area contributed by atoms with Crippen molar-refractivity contribution in [1.82, 2.24) is 5.32 Å². The van der Waals surface area contributed by atoms with Crippen LogP contribution in [-0.4, -0.2) is 18.2 Å². The fourth-order valence-electron chi connectivity index (χ4n) is 1.09. The zero-order valence-electron chi connectivity index (χ0n) is 8.62. The summed E-state index contributed by atoms with van der Waals surface area (Å²) < 4.78 is 0. The summed E-state index contributed by atoms with van der Waals surface area (Å²) in [4.78, 5) is 22.1. The monoisotopic (exact) mass is 206 g/mol. The molecule has 0 aliphatic heterocycles. The molecule has 15 heavy (non-hydrogen) atoms. The standard InChI is InChI=1S/C11H14N2O2/c1-8(14)6-7-13-11(15)9-2-4-10(12)5-3-9/h2-5H,6-7,12H2,1H3,(H,13,15). The molecule has 3 N–H and O–H groups in total. The Morgan fingerprint density at radius 3 is 2.40 bits per heavy atom. The van der Waals surface area contributed by atoms with Crippen LogP contribution >= 0.6 is 0 Å². The maximum absolute atomic E-state index is 11.5. The number of nitrogens with two attached hydrogens (primary N) is 1. The van der Waals surface area contributed by atoms with E-state index in [1.807, 2.05) is 0 Å². The minimum atomic E-state index is -0.184. The predicted octanol–water partition coefficient (Wildman–Crippen LogP) is 0.978. The average molecular weight is 206 g/mol.